The molecule has 3 aromatic rings. The van der Waals surface area contributed by atoms with Gasteiger partial charge in [0.1, 0.15) is 5.65 Å². The molecule has 0 spiro atoms. The molecule has 100 valence electrons. The standard InChI is InChI=1S/C16H16N4/c1-20-10-12(8-19-20)14-9-18-16-15(14)13(6-7-17-16)11-4-2-3-5-11/h4,6-10H,2-3,5H2,1H3,(H,17,18). The molecule has 1 aliphatic carbocycles. The van der Waals surface area contributed by atoms with Gasteiger partial charge >= 0.3 is 0 Å². The zero-order valence-electron chi connectivity index (χ0n) is 11.4. The first-order valence-electron chi connectivity index (χ1n) is 6.97. The first kappa shape index (κ1) is 11.5. The maximum absolute atomic E-state index is 4.46. The predicted molar refractivity (Wildman–Crippen MR) is 80.1 cm³/mol. The van der Waals surface area contributed by atoms with Crippen LogP contribution in [0.25, 0.3) is 27.7 Å². The molecular weight excluding hydrogens is 248 g/mol. The van der Waals surface area contributed by atoms with Crippen molar-refractivity contribution in [3.8, 4) is 11.1 Å². The molecule has 0 aliphatic heterocycles. The van der Waals surface area contributed by atoms with E-state index in [0.29, 0.717) is 0 Å². The number of aryl methyl sites for hydroxylation is 1. The molecule has 3 aromatic heterocycles. The number of pyridine rings is 1. The van der Waals surface area contributed by atoms with Crippen molar-refractivity contribution >= 4 is 16.6 Å². The quantitative estimate of drug-likeness (QED) is 0.769. The number of nitrogens with zero attached hydrogens (tertiary/aromatic N) is 3. The van der Waals surface area contributed by atoms with Crippen LogP contribution >= 0.6 is 0 Å². The number of hydrogen-bond acceptors (Lipinski definition) is 2. The highest BCUT2D eigenvalue weighted by Gasteiger charge is 2.16. The minimum absolute atomic E-state index is 0.953. The fourth-order valence-electron chi connectivity index (χ4n) is 3.03. The number of H-pyrrole nitrogens is 1. The number of hydrogen-bond donors (Lipinski definition) is 1. The first-order valence-corrected chi connectivity index (χ1v) is 6.97. The molecule has 0 amide bonds. The third-order valence-corrected chi connectivity index (χ3v) is 3.98. The fraction of sp³-hybridized carbons (Fsp3) is 0.250. The van der Waals surface area contributed by atoms with E-state index in [1.165, 1.54) is 34.9 Å². The average molecular weight is 264 g/mol. The van der Waals surface area contributed by atoms with Gasteiger partial charge in [-0.2, -0.15) is 5.10 Å². The van der Waals surface area contributed by atoms with Crippen LogP contribution in [0.2, 0.25) is 0 Å². The van der Waals surface area contributed by atoms with Crippen LogP contribution in [0.1, 0.15) is 24.8 Å². The largest absolute Gasteiger partial charge is 0.345 e. The van der Waals surface area contributed by atoms with E-state index in [1.807, 2.05) is 36.5 Å². The number of nitrogens with one attached hydrogen (secondary N) is 1. The van der Waals surface area contributed by atoms with Crippen molar-refractivity contribution in [2.75, 3.05) is 0 Å². The molecule has 20 heavy (non-hydrogen) atoms. The molecule has 0 aromatic carbocycles. The van der Waals surface area contributed by atoms with Crippen LogP contribution in [-0.4, -0.2) is 19.7 Å². The summed E-state index contributed by atoms with van der Waals surface area (Å²) < 4.78 is 1.83. The summed E-state index contributed by atoms with van der Waals surface area (Å²) in [5.74, 6) is 0. The second-order valence-corrected chi connectivity index (χ2v) is 5.31. The molecule has 4 rings (SSSR count). The lowest BCUT2D eigenvalue weighted by Crippen LogP contribution is -1.86. The first-order chi connectivity index (χ1) is 9.83. The summed E-state index contributed by atoms with van der Waals surface area (Å²) in [5.41, 5.74) is 6.03. The Morgan fingerprint density at radius 2 is 2.25 bits per heavy atom. The van der Waals surface area contributed by atoms with Crippen LogP contribution in [0, 0.1) is 0 Å². The molecule has 0 saturated heterocycles. The van der Waals surface area contributed by atoms with Gasteiger partial charge in [0.2, 0.25) is 0 Å². The fourth-order valence-corrected chi connectivity index (χ4v) is 3.03. The summed E-state index contributed by atoms with van der Waals surface area (Å²) in [5, 5.41) is 5.49. The summed E-state index contributed by atoms with van der Waals surface area (Å²) in [6.45, 7) is 0. The van der Waals surface area contributed by atoms with E-state index in [0.717, 1.165) is 17.6 Å². The number of fused-ring (bicyclic) bond motifs is 1. The van der Waals surface area contributed by atoms with Crippen molar-refractivity contribution in [1.82, 2.24) is 19.7 Å². The van der Waals surface area contributed by atoms with Crippen LogP contribution in [0.15, 0.2) is 36.9 Å². The van der Waals surface area contributed by atoms with Gasteiger partial charge in [-0.3, -0.25) is 4.68 Å². The maximum Gasteiger partial charge on any atom is 0.138 e. The normalized spacial score (nSPS) is 14.9. The molecule has 0 unspecified atom stereocenters. The highest BCUT2D eigenvalue weighted by Crippen LogP contribution is 2.36. The van der Waals surface area contributed by atoms with Crippen LogP contribution < -0.4 is 0 Å². The van der Waals surface area contributed by atoms with Gasteiger partial charge in [-0.15, -0.1) is 0 Å². The summed E-state index contributed by atoms with van der Waals surface area (Å²) >= 11 is 0. The maximum atomic E-state index is 4.46. The lowest BCUT2D eigenvalue weighted by molar-refractivity contribution is 0.768. The van der Waals surface area contributed by atoms with E-state index in [9.17, 15) is 0 Å². The number of allylic oxidation sites excluding steroid dienone is 2. The van der Waals surface area contributed by atoms with Gasteiger partial charge < -0.3 is 4.98 Å². The van der Waals surface area contributed by atoms with E-state index in [2.05, 4.69) is 27.2 Å². The molecule has 0 fully saturated rings. The Bertz CT molecular complexity index is 807. The summed E-state index contributed by atoms with van der Waals surface area (Å²) in [6.07, 6.45) is 13.8. The highest BCUT2D eigenvalue weighted by molar-refractivity contribution is 6.01. The van der Waals surface area contributed by atoms with Gasteiger partial charge in [-0.25, -0.2) is 4.98 Å². The molecule has 0 radical (unpaired) electrons. The average Bonchev–Trinajstić information content (AvgIpc) is 3.17. The lowest BCUT2D eigenvalue weighted by atomic mass is 9.99. The Kier molecular flexibility index (Phi) is 2.49. The molecule has 1 N–H and O–H groups in total. The Balaban J connectivity index is 1.98. The molecule has 3 heterocycles. The molecule has 0 atom stereocenters. The van der Waals surface area contributed by atoms with Crippen LogP contribution in [0.3, 0.4) is 0 Å². The Morgan fingerprint density at radius 3 is 3.00 bits per heavy atom. The number of aromatic amines is 1. The molecule has 1 aliphatic rings. The minimum atomic E-state index is 0.953. The monoisotopic (exact) mass is 264 g/mol. The third kappa shape index (κ3) is 1.68. The Labute approximate surface area is 117 Å². The summed E-state index contributed by atoms with van der Waals surface area (Å²) in [6, 6.07) is 2.13. The van der Waals surface area contributed by atoms with E-state index in [1.54, 1.807) is 0 Å². The van der Waals surface area contributed by atoms with Crippen molar-refractivity contribution in [2.45, 2.75) is 19.3 Å². The van der Waals surface area contributed by atoms with Crippen LogP contribution in [0.5, 0.6) is 0 Å². The number of aromatic nitrogens is 4. The van der Waals surface area contributed by atoms with Gasteiger partial charge in [0.05, 0.1) is 6.20 Å². The van der Waals surface area contributed by atoms with Crippen LogP contribution in [-0.2, 0) is 7.05 Å². The molecule has 4 heteroatoms. The molecule has 0 bridgehead atoms. The minimum Gasteiger partial charge on any atom is -0.345 e. The van der Waals surface area contributed by atoms with E-state index < -0.39 is 0 Å². The van der Waals surface area contributed by atoms with Crippen molar-refractivity contribution < 1.29 is 0 Å². The third-order valence-electron chi connectivity index (χ3n) is 3.98. The second-order valence-electron chi connectivity index (χ2n) is 5.31. The van der Waals surface area contributed by atoms with Gasteiger partial charge in [0, 0.05) is 42.2 Å². The molecular formula is C16H16N4. The smallest absolute Gasteiger partial charge is 0.138 e. The van der Waals surface area contributed by atoms with Gasteiger partial charge in [0.15, 0.2) is 0 Å². The van der Waals surface area contributed by atoms with Gasteiger partial charge in [-0.05, 0) is 36.5 Å². The lowest BCUT2D eigenvalue weighted by Gasteiger charge is -2.06. The van der Waals surface area contributed by atoms with Crippen molar-refractivity contribution in [3.63, 3.8) is 0 Å². The topological polar surface area (TPSA) is 46.5 Å². The summed E-state index contributed by atoms with van der Waals surface area (Å²) in [4.78, 5) is 7.74. The van der Waals surface area contributed by atoms with E-state index in [4.69, 9.17) is 0 Å². The highest BCUT2D eigenvalue weighted by atomic mass is 15.2. The molecule has 4 nitrogen and oxygen atoms in total. The Morgan fingerprint density at radius 1 is 1.30 bits per heavy atom. The van der Waals surface area contributed by atoms with E-state index in [-0.39, 0.29) is 0 Å². The zero-order chi connectivity index (χ0) is 13.5. The predicted octanol–water partition coefficient (Wildman–Crippen LogP) is 3.53. The second kappa shape index (κ2) is 4.34. The van der Waals surface area contributed by atoms with Crippen LogP contribution in [0.4, 0.5) is 0 Å². The van der Waals surface area contributed by atoms with Gasteiger partial charge in [0.25, 0.3) is 0 Å². The van der Waals surface area contributed by atoms with Crippen molar-refractivity contribution in [1.29, 1.82) is 0 Å². The van der Waals surface area contributed by atoms with Crippen molar-refractivity contribution in [2.24, 2.45) is 7.05 Å². The summed E-state index contributed by atoms with van der Waals surface area (Å²) in [7, 11) is 1.94. The SMILES string of the molecule is Cn1cc(-c2c[nH]c3nccc(C4=CCCC4)c23)cn1. The van der Waals surface area contributed by atoms with Gasteiger partial charge in [-0.1, -0.05) is 6.08 Å². The van der Waals surface area contributed by atoms with Crippen molar-refractivity contribution in [3.05, 3.63) is 42.5 Å². The molecule has 0 saturated carbocycles. The number of rotatable bonds is 2. The zero-order valence-corrected chi connectivity index (χ0v) is 11.4. The van der Waals surface area contributed by atoms with E-state index >= 15 is 0 Å². The Hall–Kier alpha value is -2.36.